The Bertz CT molecular complexity index is 428. The highest BCUT2D eigenvalue weighted by atomic mass is 127. The van der Waals surface area contributed by atoms with Crippen LogP contribution >= 0.6 is 22.6 Å². The monoisotopic (exact) mass is 273 g/mol. The minimum atomic E-state index is -0.260. The first-order valence-corrected chi connectivity index (χ1v) is 4.54. The summed E-state index contributed by atoms with van der Waals surface area (Å²) in [7, 11) is 0. The molecule has 60 valence electrons. The SMILES string of the molecule is Fc1cncc2cc(I)ccc12. The summed E-state index contributed by atoms with van der Waals surface area (Å²) in [5.74, 6) is -0.260. The van der Waals surface area contributed by atoms with Gasteiger partial charge in [0, 0.05) is 20.5 Å². The zero-order valence-corrected chi connectivity index (χ0v) is 8.25. The molecule has 2 rings (SSSR count). The Kier molecular flexibility index (Phi) is 1.96. The molecule has 3 heteroatoms. The third-order valence-corrected chi connectivity index (χ3v) is 2.34. The van der Waals surface area contributed by atoms with E-state index in [0.29, 0.717) is 5.39 Å². The average molecular weight is 273 g/mol. The van der Waals surface area contributed by atoms with Crippen molar-refractivity contribution in [3.63, 3.8) is 0 Å². The Morgan fingerprint density at radius 1 is 1.25 bits per heavy atom. The highest BCUT2D eigenvalue weighted by Gasteiger charge is 1.99. The topological polar surface area (TPSA) is 12.9 Å². The Hall–Kier alpha value is -0.710. The van der Waals surface area contributed by atoms with Gasteiger partial charge in [-0.2, -0.15) is 0 Å². The molecular weight excluding hydrogens is 268 g/mol. The van der Waals surface area contributed by atoms with Crippen molar-refractivity contribution in [2.45, 2.75) is 0 Å². The molecule has 0 saturated carbocycles. The van der Waals surface area contributed by atoms with E-state index in [1.54, 1.807) is 12.3 Å². The quantitative estimate of drug-likeness (QED) is 0.672. The van der Waals surface area contributed by atoms with E-state index in [1.807, 2.05) is 12.1 Å². The van der Waals surface area contributed by atoms with E-state index < -0.39 is 0 Å². The second kappa shape index (κ2) is 2.97. The van der Waals surface area contributed by atoms with Crippen molar-refractivity contribution >= 4 is 33.4 Å². The molecule has 0 amide bonds. The molecule has 12 heavy (non-hydrogen) atoms. The number of hydrogen-bond acceptors (Lipinski definition) is 1. The number of hydrogen-bond donors (Lipinski definition) is 0. The van der Waals surface area contributed by atoms with Gasteiger partial charge in [-0.3, -0.25) is 4.98 Å². The number of nitrogens with zero attached hydrogens (tertiary/aromatic N) is 1. The van der Waals surface area contributed by atoms with Gasteiger partial charge >= 0.3 is 0 Å². The molecule has 0 aliphatic carbocycles. The lowest BCUT2D eigenvalue weighted by molar-refractivity contribution is 0.634. The van der Waals surface area contributed by atoms with Crippen LogP contribution in [0.25, 0.3) is 10.8 Å². The van der Waals surface area contributed by atoms with E-state index in [4.69, 9.17) is 0 Å². The van der Waals surface area contributed by atoms with Crippen LogP contribution in [0.5, 0.6) is 0 Å². The first-order valence-electron chi connectivity index (χ1n) is 3.46. The molecule has 0 unspecified atom stereocenters. The van der Waals surface area contributed by atoms with Crippen LogP contribution in [0.15, 0.2) is 30.6 Å². The molecule has 0 fully saturated rings. The van der Waals surface area contributed by atoms with Crippen molar-refractivity contribution in [2.75, 3.05) is 0 Å². The number of halogens is 2. The molecule has 1 nitrogen and oxygen atoms in total. The lowest BCUT2D eigenvalue weighted by atomic mass is 10.2. The Balaban J connectivity index is 2.86. The summed E-state index contributed by atoms with van der Waals surface area (Å²) in [6.45, 7) is 0. The lowest BCUT2D eigenvalue weighted by Crippen LogP contribution is -1.82. The van der Waals surface area contributed by atoms with E-state index in [9.17, 15) is 4.39 Å². The normalized spacial score (nSPS) is 10.5. The Morgan fingerprint density at radius 3 is 2.92 bits per heavy atom. The van der Waals surface area contributed by atoms with Gasteiger partial charge in [0.1, 0.15) is 5.82 Å². The molecule has 0 spiro atoms. The maximum atomic E-state index is 13.1. The van der Waals surface area contributed by atoms with Gasteiger partial charge in [-0.05, 0) is 34.7 Å². The molecule has 0 aliphatic rings. The average Bonchev–Trinajstić information content (AvgIpc) is 2.04. The molecule has 1 aromatic carbocycles. The largest absolute Gasteiger partial charge is 0.261 e. The minimum Gasteiger partial charge on any atom is -0.261 e. The van der Waals surface area contributed by atoms with E-state index in [0.717, 1.165) is 8.96 Å². The van der Waals surface area contributed by atoms with Gasteiger partial charge < -0.3 is 0 Å². The molecular formula is C9H5FIN. The van der Waals surface area contributed by atoms with Gasteiger partial charge in [-0.1, -0.05) is 6.07 Å². The Morgan fingerprint density at radius 2 is 2.08 bits per heavy atom. The van der Waals surface area contributed by atoms with Gasteiger partial charge in [0.2, 0.25) is 0 Å². The zero-order chi connectivity index (χ0) is 8.55. The van der Waals surface area contributed by atoms with Crippen LogP contribution < -0.4 is 0 Å². The second-order valence-corrected chi connectivity index (χ2v) is 3.73. The van der Waals surface area contributed by atoms with Crippen LogP contribution in [0.4, 0.5) is 4.39 Å². The fraction of sp³-hybridized carbons (Fsp3) is 0. The van der Waals surface area contributed by atoms with Gasteiger partial charge in [0.15, 0.2) is 0 Å². The summed E-state index contributed by atoms with van der Waals surface area (Å²) in [4.78, 5) is 3.78. The van der Waals surface area contributed by atoms with Crippen molar-refractivity contribution in [3.05, 3.63) is 40.0 Å². The Labute approximate surface area is 82.8 Å². The first kappa shape index (κ1) is 7.91. The molecule has 0 radical (unpaired) electrons. The summed E-state index contributed by atoms with van der Waals surface area (Å²) in [5, 5.41) is 1.48. The second-order valence-electron chi connectivity index (χ2n) is 2.49. The van der Waals surface area contributed by atoms with Gasteiger partial charge in [0.05, 0.1) is 6.20 Å². The van der Waals surface area contributed by atoms with Crippen LogP contribution in [-0.4, -0.2) is 4.98 Å². The minimum absolute atomic E-state index is 0.260. The molecule has 0 atom stereocenters. The summed E-state index contributed by atoms with van der Waals surface area (Å²) in [6, 6.07) is 5.56. The van der Waals surface area contributed by atoms with Crippen molar-refractivity contribution in [3.8, 4) is 0 Å². The number of benzene rings is 1. The molecule has 0 saturated heterocycles. The summed E-state index contributed by atoms with van der Waals surface area (Å²) in [5.41, 5.74) is 0. The highest BCUT2D eigenvalue weighted by molar-refractivity contribution is 14.1. The molecule has 1 heterocycles. The van der Waals surface area contributed by atoms with Gasteiger partial charge in [-0.25, -0.2) is 4.39 Å². The highest BCUT2D eigenvalue weighted by Crippen LogP contribution is 2.18. The summed E-state index contributed by atoms with van der Waals surface area (Å²) >= 11 is 2.19. The number of rotatable bonds is 0. The lowest BCUT2D eigenvalue weighted by Gasteiger charge is -1.97. The smallest absolute Gasteiger partial charge is 0.149 e. The van der Waals surface area contributed by atoms with Crippen LogP contribution in [0, 0.1) is 9.39 Å². The fourth-order valence-electron chi connectivity index (χ4n) is 1.11. The molecule has 0 aliphatic heterocycles. The molecule has 2 aromatic rings. The standard InChI is InChI=1S/C9H5FIN/c10-9-5-12-4-6-3-7(11)1-2-8(6)9/h1-5H. The molecule has 0 bridgehead atoms. The van der Waals surface area contributed by atoms with E-state index in [2.05, 4.69) is 27.6 Å². The molecule has 1 aromatic heterocycles. The zero-order valence-electron chi connectivity index (χ0n) is 6.09. The third-order valence-electron chi connectivity index (χ3n) is 1.67. The van der Waals surface area contributed by atoms with E-state index >= 15 is 0 Å². The first-order chi connectivity index (χ1) is 5.77. The maximum Gasteiger partial charge on any atom is 0.149 e. The van der Waals surface area contributed by atoms with Crippen molar-refractivity contribution < 1.29 is 4.39 Å². The molecule has 0 N–H and O–H groups in total. The third kappa shape index (κ3) is 1.29. The van der Waals surface area contributed by atoms with Gasteiger partial charge in [0.25, 0.3) is 0 Å². The van der Waals surface area contributed by atoms with Crippen molar-refractivity contribution in [2.24, 2.45) is 0 Å². The van der Waals surface area contributed by atoms with Crippen LogP contribution in [0.1, 0.15) is 0 Å². The fourth-order valence-corrected chi connectivity index (χ4v) is 1.63. The summed E-state index contributed by atoms with van der Waals surface area (Å²) in [6.07, 6.45) is 2.90. The van der Waals surface area contributed by atoms with E-state index in [1.165, 1.54) is 6.20 Å². The van der Waals surface area contributed by atoms with Crippen molar-refractivity contribution in [1.82, 2.24) is 4.98 Å². The van der Waals surface area contributed by atoms with Crippen LogP contribution in [0.2, 0.25) is 0 Å². The summed E-state index contributed by atoms with van der Waals surface area (Å²) < 4.78 is 14.1. The number of aromatic nitrogens is 1. The number of pyridine rings is 1. The number of fused-ring (bicyclic) bond motifs is 1. The predicted octanol–water partition coefficient (Wildman–Crippen LogP) is 2.98. The van der Waals surface area contributed by atoms with Crippen molar-refractivity contribution in [1.29, 1.82) is 0 Å². The van der Waals surface area contributed by atoms with Gasteiger partial charge in [-0.15, -0.1) is 0 Å². The van der Waals surface area contributed by atoms with E-state index in [-0.39, 0.29) is 5.82 Å². The van der Waals surface area contributed by atoms with Crippen LogP contribution in [-0.2, 0) is 0 Å². The maximum absolute atomic E-state index is 13.1. The predicted molar refractivity (Wildman–Crippen MR) is 54.4 cm³/mol. The van der Waals surface area contributed by atoms with Crippen LogP contribution in [0.3, 0.4) is 0 Å².